The van der Waals surface area contributed by atoms with Gasteiger partial charge in [0, 0.05) is 17.5 Å². The highest BCUT2D eigenvalue weighted by Gasteiger charge is 2.27. The van der Waals surface area contributed by atoms with E-state index in [-0.39, 0.29) is 0 Å². The highest BCUT2D eigenvalue weighted by Crippen LogP contribution is 2.42. The summed E-state index contributed by atoms with van der Waals surface area (Å²) in [6, 6.07) is 0. The highest BCUT2D eigenvalue weighted by molar-refractivity contribution is 7.16. The highest BCUT2D eigenvalue weighted by atomic mass is 32.1. The number of hydrogen-bond donors (Lipinski definition) is 2. The quantitative estimate of drug-likeness (QED) is 0.379. The van der Waals surface area contributed by atoms with Crippen LogP contribution in [0.25, 0.3) is 0 Å². The number of aldehydes is 1. The number of aromatic carboxylic acids is 1. The molecule has 1 saturated carbocycles. The van der Waals surface area contributed by atoms with Crippen molar-refractivity contribution in [3.05, 3.63) is 52.5 Å². The molecule has 0 saturated heterocycles. The zero-order valence-corrected chi connectivity index (χ0v) is 16.7. The predicted octanol–water partition coefficient (Wildman–Crippen LogP) is 5.72. The van der Waals surface area contributed by atoms with E-state index in [1.807, 2.05) is 19.9 Å². The molecule has 1 aromatic heterocycles. The number of anilines is 1. The first kappa shape index (κ1) is 21.9. The largest absolute Gasteiger partial charge is 0.478 e. The summed E-state index contributed by atoms with van der Waals surface area (Å²) in [7, 11) is 1.79. The number of rotatable bonds is 6. The molecule has 0 atom stereocenters. The van der Waals surface area contributed by atoms with E-state index in [1.54, 1.807) is 36.6 Å². The standard InChI is InChI=1S/C13H19NO2S.C8H10O/c1-8-10(9-6-4-3-5-7-9)11(13(15)16)12(14-2)17-8;1-3-5-8(7-9)6-4-2/h9,14H,3-7H2,1-2H3,(H,15,16);3-7H,1H2,2H3/b;6-4-,8-5+. The van der Waals surface area contributed by atoms with Crippen molar-refractivity contribution in [2.24, 2.45) is 0 Å². The number of carboxylic acid groups (broad SMARTS) is 1. The number of hydrogen-bond acceptors (Lipinski definition) is 4. The number of aryl methyl sites for hydroxylation is 1. The van der Waals surface area contributed by atoms with Gasteiger partial charge in [0.25, 0.3) is 0 Å². The van der Waals surface area contributed by atoms with E-state index in [0.717, 1.165) is 29.7 Å². The summed E-state index contributed by atoms with van der Waals surface area (Å²) in [5.74, 6) is -0.340. The molecule has 0 aromatic carbocycles. The van der Waals surface area contributed by atoms with E-state index in [0.29, 0.717) is 17.1 Å². The first-order valence-corrected chi connectivity index (χ1v) is 9.76. The summed E-state index contributed by atoms with van der Waals surface area (Å²) in [4.78, 5) is 22.7. The van der Waals surface area contributed by atoms with Crippen LogP contribution in [0.5, 0.6) is 0 Å². The van der Waals surface area contributed by atoms with Crippen molar-refractivity contribution in [1.29, 1.82) is 0 Å². The minimum absolute atomic E-state index is 0.452. The lowest BCUT2D eigenvalue weighted by Gasteiger charge is -2.22. The van der Waals surface area contributed by atoms with Crippen molar-refractivity contribution in [3.8, 4) is 0 Å². The van der Waals surface area contributed by atoms with Crippen LogP contribution in [0.4, 0.5) is 5.00 Å². The van der Waals surface area contributed by atoms with Crippen molar-refractivity contribution in [2.45, 2.75) is 51.9 Å². The summed E-state index contributed by atoms with van der Waals surface area (Å²) < 4.78 is 0. The van der Waals surface area contributed by atoms with Crippen molar-refractivity contribution in [1.82, 2.24) is 0 Å². The van der Waals surface area contributed by atoms with Crippen molar-refractivity contribution in [2.75, 3.05) is 12.4 Å². The maximum absolute atomic E-state index is 11.4. The molecule has 0 aliphatic heterocycles. The molecule has 0 unspecified atom stereocenters. The molecular formula is C21H29NO3S. The van der Waals surface area contributed by atoms with Gasteiger partial charge in [0.05, 0.1) is 5.56 Å². The van der Waals surface area contributed by atoms with E-state index < -0.39 is 5.97 Å². The molecule has 142 valence electrons. The molecule has 1 fully saturated rings. The number of nitrogens with one attached hydrogen (secondary N) is 1. The first-order chi connectivity index (χ1) is 12.5. The fourth-order valence-corrected chi connectivity index (χ4v) is 4.38. The second kappa shape index (κ2) is 11.5. The average Bonchev–Trinajstić information content (AvgIpc) is 2.99. The van der Waals surface area contributed by atoms with Crippen LogP contribution in [0.3, 0.4) is 0 Å². The Balaban J connectivity index is 0.000000321. The van der Waals surface area contributed by atoms with Gasteiger partial charge in [-0.3, -0.25) is 4.79 Å². The molecule has 1 aliphatic carbocycles. The lowest BCUT2D eigenvalue weighted by molar-refractivity contribution is -0.104. The zero-order chi connectivity index (χ0) is 19.5. The van der Waals surface area contributed by atoms with Crippen molar-refractivity contribution >= 4 is 28.6 Å². The first-order valence-electron chi connectivity index (χ1n) is 8.95. The van der Waals surface area contributed by atoms with E-state index in [4.69, 9.17) is 0 Å². The van der Waals surface area contributed by atoms with E-state index in [1.165, 1.54) is 24.1 Å². The minimum Gasteiger partial charge on any atom is -0.478 e. The monoisotopic (exact) mass is 375 g/mol. The van der Waals surface area contributed by atoms with E-state index in [9.17, 15) is 14.7 Å². The lowest BCUT2D eigenvalue weighted by Crippen LogP contribution is -2.10. The molecule has 0 spiro atoms. The van der Waals surface area contributed by atoms with Gasteiger partial charge >= 0.3 is 5.97 Å². The summed E-state index contributed by atoms with van der Waals surface area (Å²) in [5, 5.41) is 13.2. The lowest BCUT2D eigenvalue weighted by atomic mass is 9.82. The van der Waals surface area contributed by atoms with Gasteiger partial charge in [-0.05, 0) is 38.2 Å². The zero-order valence-electron chi connectivity index (χ0n) is 15.9. The molecule has 1 aliphatic rings. The molecule has 1 aromatic rings. The normalized spacial score (nSPS) is 15.3. The van der Waals surface area contributed by atoms with Gasteiger partial charge in [0.15, 0.2) is 0 Å². The van der Waals surface area contributed by atoms with Crippen molar-refractivity contribution in [3.63, 3.8) is 0 Å². The maximum Gasteiger partial charge on any atom is 0.339 e. The van der Waals surface area contributed by atoms with Crippen LogP contribution in [-0.4, -0.2) is 24.4 Å². The molecule has 26 heavy (non-hydrogen) atoms. The Morgan fingerprint density at radius 3 is 2.42 bits per heavy atom. The smallest absolute Gasteiger partial charge is 0.339 e. The molecule has 0 amide bonds. The van der Waals surface area contributed by atoms with Gasteiger partial charge in [-0.25, -0.2) is 4.79 Å². The summed E-state index contributed by atoms with van der Waals surface area (Å²) in [5.41, 5.74) is 2.25. The van der Waals surface area contributed by atoms with Crippen LogP contribution in [-0.2, 0) is 4.79 Å². The van der Waals surface area contributed by atoms with Crippen LogP contribution < -0.4 is 5.32 Å². The fourth-order valence-electron chi connectivity index (χ4n) is 3.29. The average molecular weight is 376 g/mol. The van der Waals surface area contributed by atoms with Crippen LogP contribution in [0.2, 0.25) is 0 Å². The van der Waals surface area contributed by atoms with Gasteiger partial charge in [0.2, 0.25) is 0 Å². The third-order valence-electron chi connectivity index (χ3n) is 4.39. The van der Waals surface area contributed by atoms with Crippen LogP contribution in [0, 0.1) is 6.92 Å². The third-order valence-corrected chi connectivity index (χ3v) is 5.53. The van der Waals surface area contributed by atoms with Crippen molar-refractivity contribution < 1.29 is 14.7 Å². The summed E-state index contributed by atoms with van der Waals surface area (Å²) in [6.45, 7) is 7.37. The molecule has 0 radical (unpaired) electrons. The number of thiophene rings is 1. The molecule has 2 rings (SSSR count). The SMILES string of the molecule is C=C/C=C(C=O)\C=C/C.CNc1sc(C)c(C2CCCCC2)c1C(=O)O. The van der Waals surface area contributed by atoms with Crippen LogP contribution in [0.15, 0.2) is 36.5 Å². The Morgan fingerprint density at radius 1 is 1.31 bits per heavy atom. The molecule has 0 bridgehead atoms. The molecule has 4 nitrogen and oxygen atoms in total. The molecule has 1 heterocycles. The fraction of sp³-hybridized carbons (Fsp3) is 0.429. The predicted molar refractivity (Wildman–Crippen MR) is 111 cm³/mol. The molecule has 5 heteroatoms. The minimum atomic E-state index is -0.792. The number of allylic oxidation sites excluding steroid dienone is 5. The third kappa shape index (κ3) is 5.99. The number of carbonyl (C=O) groups excluding carboxylic acids is 1. The Morgan fingerprint density at radius 2 is 1.96 bits per heavy atom. The van der Waals surface area contributed by atoms with Gasteiger partial charge in [-0.15, -0.1) is 11.3 Å². The topological polar surface area (TPSA) is 66.4 Å². The molecular weight excluding hydrogens is 346 g/mol. The maximum atomic E-state index is 11.4. The van der Waals surface area contributed by atoms with Gasteiger partial charge < -0.3 is 10.4 Å². The number of carboxylic acids is 1. The Bertz CT molecular complexity index is 680. The molecule has 2 N–H and O–H groups in total. The summed E-state index contributed by atoms with van der Waals surface area (Å²) in [6.07, 6.45) is 13.6. The van der Waals surface area contributed by atoms with Gasteiger partial charge in [-0.1, -0.05) is 50.1 Å². The Labute approximate surface area is 160 Å². The Hall–Kier alpha value is -2.14. The van der Waals surface area contributed by atoms with E-state index in [2.05, 4.69) is 11.9 Å². The second-order valence-corrected chi connectivity index (χ2v) is 7.41. The Kier molecular flexibility index (Phi) is 9.66. The van der Waals surface area contributed by atoms with Crippen LogP contribution >= 0.6 is 11.3 Å². The van der Waals surface area contributed by atoms with Gasteiger partial charge in [-0.2, -0.15) is 0 Å². The van der Waals surface area contributed by atoms with Crippen LogP contribution in [0.1, 0.15) is 65.7 Å². The second-order valence-electron chi connectivity index (χ2n) is 6.19. The summed E-state index contributed by atoms with van der Waals surface area (Å²) >= 11 is 1.57. The van der Waals surface area contributed by atoms with Gasteiger partial charge in [0.1, 0.15) is 11.3 Å². The number of carbonyl (C=O) groups is 2. The van der Waals surface area contributed by atoms with E-state index >= 15 is 0 Å².